The molecule has 0 fully saturated rings. The Morgan fingerprint density at radius 3 is 2.22 bits per heavy atom. The summed E-state index contributed by atoms with van der Waals surface area (Å²) in [5, 5.41) is 0. The fraction of sp³-hybridized carbons (Fsp3) is 0.515. The fourth-order valence-electron chi connectivity index (χ4n) is 3.71. The molecule has 202 valence electrons. The minimum atomic E-state index is 0. The fourth-order valence-corrected chi connectivity index (χ4v) is 3.89. The minimum Gasteiger partial charge on any atom is -0.486 e. The molecule has 2 N–H and O–H groups in total. The Morgan fingerprint density at radius 1 is 1.08 bits per heavy atom. The van der Waals surface area contributed by atoms with Crippen LogP contribution in [-0.4, -0.2) is 11.6 Å². The van der Waals surface area contributed by atoms with Crippen molar-refractivity contribution in [1.82, 2.24) is 0 Å². The second-order valence-electron chi connectivity index (χ2n) is 10.9. The monoisotopic (exact) mass is 512 g/mol. The van der Waals surface area contributed by atoms with E-state index in [9.17, 15) is 0 Å². The van der Waals surface area contributed by atoms with Crippen LogP contribution in [0, 0.1) is 5.92 Å². The Balaban J connectivity index is 0.00000103. The zero-order valence-electron chi connectivity index (χ0n) is 24.4. The van der Waals surface area contributed by atoms with Crippen LogP contribution in [0.5, 0.6) is 5.75 Å². The molecule has 1 aromatic carbocycles. The summed E-state index contributed by atoms with van der Waals surface area (Å²) in [5.41, 5.74) is 5.29. The third-order valence-electron chi connectivity index (χ3n) is 7.61. The second kappa shape index (κ2) is 15.3. The number of allylic oxidation sites excluding steroid dienone is 7. The molecule has 0 aromatic heterocycles. The van der Waals surface area contributed by atoms with E-state index in [1.54, 1.807) is 0 Å². The normalized spacial score (nSPS) is 15.2. The number of ether oxygens (including phenoxy) is 1. The molecule has 2 unspecified atom stereocenters. The van der Waals surface area contributed by atoms with Crippen LogP contribution >= 0.6 is 12.6 Å². The zero-order valence-corrected chi connectivity index (χ0v) is 25.3. The summed E-state index contributed by atoms with van der Waals surface area (Å²) in [6, 6.07) is 6.78. The largest absolute Gasteiger partial charge is 0.486 e. The number of hydrogen-bond donors (Lipinski definition) is 1. The van der Waals surface area contributed by atoms with E-state index < -0.39 is 0 Å². The van der Waals surface area contributed by atoms with Crippen molar-refractivity contribution in [2.24, 2.45) is 5.92 Å². The average molecular weight is 513 g/mol. The van der Waals surface area contributed by atoms with Crippen molar-refractivity contribution >= 4 is 12.6 Å². The van der Waals surface area contributed by atoms with Crippen molar-refractivity contribution in [2.45, 2.75) is 105 Å². The summed E-state index contributed by atoms with van der Waals surface area (Å²) in [7, 11) is 0. The van der Waals surface area contributed by atoms with Gasteiger partial charge < -0.3 is 10.2 Å². The summed E-state index contributed by atoms with van der Waals surface area (Å²) >= 11 is 4.30. The molecule has 36 heavy (non-hydrogen) atoms. The highest BCUT2D eigenvalue weighted by Gasteiger charge is 2.28. The predicted octanol–water partition coefficient (Wildman–Crippen LogP) is 9.48. The van der Waals surface area contributed by atoms with Gasteiger partial charge in [-0.25, -0.2) is 0 Å². The van der Waals surface area contributed by atoms with E-state index in [-0.39, 0.29) is 28.3 Å². The first-order valence-corrected chi connectivity index (χ1v) is 13.6. The van der Waals surface area contributed by atoms with E-state index in [0.29, 0.717) is 0 Å². The van der Waals surface area contributed by atoms with Crippen LogP contribution in [0.4, 0.5) is 0 Å². The maximum Gasteiger partial charge on any atom is 0.123 e. The van der Waals surface area contributed by atoms with Crippen LogP contribution < -0.4 is 4.74 Å². The SMILES string of the molecule is C=CC(C)C(=C)C(CC)Oc1ccc(C(C)(C)CC)cc1C(C)(C)CC.CC1=C(S)CC=CC=C1.O. The van der Waals surface area contributed by atoms with Crippen molar-refractivity contribution in [3.8, 4) is 5.75 Å². The molecule has 0 radical (unpaired) electrons. The van der Waals surface area contributed by atoms with Gasteiger partial charge in [-0.1, -0.05) is 104 Å². The summed E-state index contributed by atoms with van der Waals surface area (Å²) in [5.74, 6) is 1.25. The highest BCUT2D eigenvalue weighted by Crippen LogP contribution is 2.39. The molecule has 1 aromatic rings. The van der Waals surface area contributed by atoms with Crippen molar-refractivity contribution in [2.75, 3.05) is 0 Å². The van der Waals surface area contributed by atoms with Gasteiger partial charge in [0.25, 0.3) is 0 Å². The topological polar surface area (TPSA) is 40.7 Å². The van der Waals surface area contributed by atoms with Gasteiger partial charge in [-0.15, -0.1) is 19.2 Å². The lowest BCUT2D eigenvalue weighted by molar-refractivity contribution is 0.218. The third kappa shape index (κ3) is 9.48. The molecule has 0 spiro atoms. The Labute approximate surface area is 228 Å². The maximum atomic E-state index is 6.52. The molecular formula is C33H52O2S. The van der Waals surface area contributed by atoms with Gasteiger partial charge in [0.05, 0.1) is 0 Å². The average Bonchev–Trinajstić information content (AvgIpc) is 3.04. The number of rotatable bonds is 10. The van der Waals surface area contributed by atoms with Crippen LogP contribution in [0.1, 0.15) is 99.1 Å². The Morgan fingerprint density at radius 2 is 1.69 bits per heavy atom. The molecule has 0 aliphatic heterocycles. The first-order valence-electron chi connectivity index (χ1n) is 13.2. The van der Waals surface area contributed by atoms with E-state index in [4.69, 9.17) is 4.74 Å². The third-order valence-corrected chi connectivity index (χ3v) is 8.15. The van der Waals surface area contributed by atoms with Crippen LogP contribution in [0.2, 0.25) is 0 Å². The van der Waals surface area contributed by atoms with Gasteiger partial charge in [0.15, 0.2) is 0 Å². The van der Waals surface area contributed by atoms with E-state index in [2.05, 4.69) is 118 Å². The smallest absolute Gasteiger partial charge is 0.123 e. The summed E-state index contributed by atoms with van der Waals surface area (Å²) in [6.45, 7) is 28.3. The van der Waals surface area contributed by atoms with Crippen LogP contribution in [0.15, 0.2) is 77.8 Å². The van der Waals surface area contributed by atoms with Gasteiger partial charge in [0, 0.05) is 5.56 Å². The Kier molecular flexibility index (Phi) is 14.5. The molecule has 1 aliphatic carbocycles. The highest BCUT2D eigenvalue weighted by molar-refractivity contribution is 7.84. The first kappa shape index (κ1) is 34.0. The van der Waals surface area contributed by atoms with E-state index >= 15 is 0 Å². The molecule has 0 heterocycles. The van der Waals surface area contributed by atoms with Gasteiger partial charge in [-0.05, 0) is 77.0 Å². The van der Waals surface area contributed by atoms with Gasteiger partial charge in [-0.3, -0.25) is 0 Å². The summed E-state index contributed by atoms with van der Waals surface area (Å²) in [6.07, 6.45) is 14.3. The number of thiol groups is 1. The first-order chi connectivity index (χ1) is 16.3. The second-order valence-corrected chi connectivity index (χ2v) is 11.5. The summed E-state index contributed by atoms with van der Waals surface area (Å²) < 4.78 is 6.52. The molecule has 2 rings (SSSR count). The lowest BCUT2D eigenvalue weighted by Gasteiger charge is -2.32. The van der Waals surface area contributed by atoms with E-state index in [1.807, 2.05) is 18.2 Å². The van der Waals surface area contributed by atoms with Crippen LogP contribution in [0.25, 0.3) is 0 Å². The van der Waals surface area contributed by atoms with Crippen LogP contribution in [0.3, 0.4) is 0 Å². The van der Waals surface area contributed by atoms with E-state index in [1.165, 1.54) is 21.6 Å². The van der Waals surface area contributed by atoms with Gasteiger partial charge in [-0.2, -0.15) is 0 Å². The van der Waals surface area contributed by atoms with Gasteiger partial charge in [0.1, 0.15) is 11.9 Å². The van der Waals surface area contributed by atoms with E-state index in [0.717, 1.165) is 37.0 Å². The highest BCUT2D eigenvalue weighted by atomic mass is 32.1. The predicted molar refractivity (Wildman–Crippen MR) is 164 cm³/mol. The molecular weight excluding hydrogens is 460 g/mol. The molecule has 0 saturated carbocycles. The van der Waals surface area contributed by atoms with Gasteiger partial charge >= 0.3 is 0 Å². The summed E-state index contributed by atoms with van der Waals surface area (Å²) in [4.78, 5) is 1.17. The lowest BCUT2D eigenvalue weighted by Crippen LogP contribution is -2.25. The molecule has 0 bridgehead atoms. The molecule has 0 saturated heterocycles. The van der Waals surface area contributed by atoms with Crippen molar-refractivity contribution in [3.63, 3.8) is 0 Å². The lowest BCUT2D eigenvalue weighted by atomic mass is 9.76. The van der Waals surface area contributed by atoms with Gasteiger partial charge in [0.2, 0.25) is 0 Å². The zero-order chi connectivity index (χ0) is 26.8. The molecule has 3 heteroatoms. The molecule has 1 aliphatic rings. The van der Waals surface area contributed by atoms with Crippen molar-refractivity contribution in [1.29, 1.82) is 0 Å². The van der Waals surface area contributed by atoms with Crippen LogP contribution in [-0.2, 0) is 10.8 Å². The molecule has 0 amide bonds. The Hall–Kier alpha value is -1.97. The number of hydrogen-bond acceptors (Lipinski definition) is 2. The quantitative estimate of drug-likeness (QED) is 0.246. The minimum absolute atomic E-state index is 0. The van der Waals surface area contributed by atoms with Crippen molar-refractivity contribution in [3.05, 3.63) is 88.9 Å². The molecule has 2 atom stereocenters. The standard InChI is InChI=1S/C25H40O.C8H10S.H2O/c1-11-18(5)19(6)22(12-2)26-23-16-15-20(24(7,8)13-3)17-21(23)25(9,10)14-4;1-7-5-3-2-4-6-8(7)9;/h11,15-18,22H,1,6,12-14H2,2-5,7-10H3;2-5,9H,6H2,1H3;1H2. The number of benzene rings is 1. The maximum absolute atomic E-state index is 6.52. The molecule has 2 nitrogen and oxygen atoms in total. The van der Waals surface area contributed by atoms with Crippen molar-refractivity contribution < 1.29 is 10.2 Å². The Bertz CT molecular complexity index is 946.